The van der Waals surface area contributed by atoms with Crippen LogP contribution in [0, 0.1) is 0 Å². The van der Waals surface area contributed by atoms with Crippen LogP contribution in [0.25, 0.3) is 0 Å². The van der Waals surface area contributed by atoms with E-state index in [2.05, 4.69) is 0 Å². The minimum absolute atomic E-state index is 0.00224. The third-order valence-electron chi connectivity index (χ3n) is 2.31. The Balaban J connectivity index is 2.89. The van der Waals surface area contributed by atoms with Gasteiger partial charge in [-0.1, -0.05) is 30.3 Å². The summed E-state index contributed by atoms with van der Waals surface area (Å²) in [4.78, 5) is 2.02. The van der Waals surface area contributed by atoms with Crippen LogP contribution < -0.4 is 5.73 Å². The van der Waals surface area contributed by atoms with Crippen LogP contribution in [0.5, 0.6) is 0 Å². The molecule has 3 heteroatoms. The fraction of sp³-hybridized carbons (Fsp3) is 0.455. The molecule has 1 rings (SSSR count). The van der Waals surface area contributed by atoms with Crippen molar-refractivity contribution in [1.29, 1.82) is 0 Å². The van der Waals surface area contributed by atoms with Crippen LogP contribution in [-0.4, -0.2) is 36.8 Å². The van der Waals surface area contributed by atoms with E-state index < -0.39 is 0 Å². The van der Waals surface area contributed by atoms with Crippen LogP contribution in [0.15, 0.2) is 30.3 Å². The smallest absolute Gasteiger partial charge is 0.0601 e. The van der Waals surface area contributed by atoms with Crippen molar-refractivity contribution < 1.29 is 5.11 Å². The lowest BCUT2D eigenvalue weighted by molar-refractivity contribution is 0.181. The van der Waals surface area contributed by atoms with Gasteiger partial charge >= 0.3 is 0 Å². The topological polar surface area (TPSA) is 49.5 Å². The molecule has 3 N–H and O–H groups in total. The number of aliphatic hydroxyl groups is 1. The number of rotatable bonds is 4. The molecule has 78 valence electrons. The molecule has 0 fully saturated rings. The molecule has 14 heavy (non-hydrogen) atoms. The SMILES string of the molecule is CN(C)C(c1ccccc1)C(N)CO. The van der Waals surface area contributed by atoms with Gasteiger partial charge in [0.2, 0.25) is 0 Å². The average molecular weight is 194 g/mol. The molecule has 0 spiro atoms. The second kappa shape index (κ2) is 5.10. The van der Waals surface area contributed by atoms with Crippen molar-refractivity contribution in [2.75, 3.05) is 20.7 Å². The van der Waals surface area contributed by atoms with Gasteiger partial charge in [0.15, 0.2) is 0 Å². The lowest BCUT2D eigenvalue weighted by atomic mass is 9.99. The monoisotopic (exact) mass is 194 g/mol. The van der Waals surface area contributed by atoms with E-state index in [0.29, 0.717) is 0 Å². The van der Waals surface area contributed by atoms with Gasteiger partial charge in [0, 0.05) is 6.04 Å². The Kier molecular flexibility index (Phi) is 4.07. The minimum Gasteiger partial charge on any atom is -0.395 e. The van der Waals surface area contributed by atoms with Crippen LogP contribution >= 0.6 is 0 Å². The first kappa shape index (κ1) is 11.2. The normalized spacial score (nSPS) is 15.5. The first-order chi connectivity index (χ1) is 6.66. The van der Waals surface area contributed by atoms with Crippen molar-refractivity contribution in [2.45, 2.75) is 12.1 Å². The summed E-state index contributed by atoms with van der Waals surface area (Å²) in [5, 5.41) is 9.06. The van der Waals surface area contributed by atoms with Gasteiger partial charge in [-0.15, -0.1) is 0 Å². The second-order valence-electron chi connectivity index (χ2n) is 3.67. The summed E-state index contributed by atoms with van der Waals surface area (Å²) in [6, 6.07) is 9.82. The van der Waals surface area contributed by atoms with E-state index in [1.807, 2.05) is 49.3 Å². The van der Waals surface area contributed by atoms with Gasteiger partial charge in [-0.2, -0.15) is 0 Å². The predicted octanol–water partition coefficient (Wildman–Crippen LogP) is 0.609. The van der Waals surface area contributed by atoms with Gasteiger partial charge in [0.05, 0.1) is 12.6 Å². The summed E-state index contributed by atoms with van der Waals surface area (Å²) < 4.78 is 0. The number of nitrogens with two attached hydrogens (primary N) is 1. The highest BCUT2D eigenvalue weighted by Crippen LogP contribution is 2.20. The molecule has 1 aromatic rings. The van der Waals surface area contributed by atoms with Crippen LogP contribution in [0.3, 0.4) is 0 Å². The van der Waals surface area contributed by atoms with Gasteiger partial charge < -0.3 is 15.7 Å². The molecule has 0 saturated carbocycles. The molecule has 2 atom stereocenters. The fourth-order valence-electron chi connectivity index (χ4n) is 1.68. The highest BCUT2D eigenvalue weighted by molar-refractivity contribution is 5.20. The fourth-order valence-corrected chi connectivity index (χ4v) is 1.68. The number of likely N-dealkylation sites (N-methyl/N-ethyl adjacent to an activating group) is 1. The van der Waals surface area contributed by atoms with E-state index >= 15 is 0 Å². The van der Waals surface area contributed by atoms with Crippen molar-refractivity contribution in [2.24, 2.45) is 5.73 Å². The van der Waals surface area contributed by atoms with E-state index in [-0.39, 0.29) is 18.7 Å². The van der Waals surface area contributed by atoms with Gasteiger partial charge in [0.1, 0.15) is 0 Å². The standard InChI is InChI=1S/C11H18N2O/c1-13(2)11(10(12)8-14)9-6-4-3-5-7-9/h3-7,10-11,14H,8,12H2,1-2H3. The Morgan fingerprint density at radius 3 is 2.29 bits per heavy atom. The van der Waals surface area contributed by atoms with E-state index in [9.17, 15) is 0 Å². The highest BCUT2D eigenvalue weighted by atomic mass is 16.3. The Morgan fingerprint density at radius 1 is 1.29 bits per heavy atom. The summed E-state index contributed by atoms with van der Waals surface area (Å²) in [5.74, 6) is 0. The zero-order valence-corrected chi connectivity index (χ0v) is 8.72. The molecule has 3 nitrogen and oxygen atoms in total. The van der Waals surface area contributed by atoms with E-state index in [1.165, 1.54) is 0 Å². The average Bonchev–Trinajstić information content (AvgIpc) is 2.19. The van der Waals surface area contributed by atoms with E-state index in [4.69, 9.17) is 10.8 Å². The van der Waals surface area contributed by atoms with Crippen molar-refractivity contribution in [3.63, 3.8) is 0 Å². The zero-order valence-electron chi connectivity index (χ0n) is 8.72. The molecule has 0 amide bonds. The van der Waals surface area contributed by atoms with Crippen molar-refractivity contribution >= 4 is 0 Å². The summed E-state index contributed by atoms with van der Waals surface area (Å²) in [5.41, 5.74) is 7.00. The van der Waals surface area contributed by atoms with Crippen molar-refractivity contribution in [1.82, 2.24) is 4.90 Å². The van der Waals surface area contributed by atoms with Gasteiger partial charge in [-0.3, -0.25) is 0 Å². The number of nitrogens with zero attached hydrogens (tertiary/aromatic N) is 1. The first-order valence-electron chi connectivity index (χ1n) is 4.74. The van der Waals surface area contributed by atoms with Crippen LogP contribution in [0.2, 0.25) is 0 Å². The maximum Gasteiger partial charge on any atom is 0.0601 e. The lowest BCUT2D eigenvalue weighted by Gasteiger charge is -2.29. The van der Waals surface area contributed by atoms with Crippen LogP contribution in [-0.2, 0) is 0 Å². The molecule has 0 aliphatic rings. The Bertz CT molecular complexity index is 261. The van der Waals surface area contributed by atoms with Gasteiger partial charge in [-0.05, 0) is 19.7 Å². The molecule has 0 aromatic heterocycles. The zero-order chi connectivity index (χ0) is 10.6. The number of benzene rings is 1. The number of hydrogen-bond acceptors (Lipinski definition) is 3. The third-order valence-corrected chi connectivity index (χ3v) is 2.31. The number of aliphatic hydroxyl groups excluding tert-OH is 1. The molecule has 0 saturated heterocycles. The third kappa shape index (κ3) is 2.54. The summed E-state index contributed by atoms with van der Waals surface area (Å²) >= 11 is 0. The summed E-state index contributed by atoms with van der Waals surface area (Å²) in [7, 11) is 3.93. The van der Waals surface area contributed by atoms with Crippen molar-refractivity contribution in [3.8, 4) is 0 Å². The summed E-state index contributed by atoms with van der Waals surface area (Å²) in [6.07, 6.45) is 0. The highest BCUT2D eigenvalue weighted by Gasteiger charge is 2.20. The number of hydrogen-bond donors (Lipinski definition) is 2. The maximum absolute atomic E-state index is 9.06. The van der Waals surface area contributed by atoms with Crippen LogP contribution in [0.4, 0.5) is 0 Å². The second-order valence-corrected chi connectivity index (χ2v) is 3.67. The van der Waals surface area contributed by atoms with Crippen LogP contribution in [0.1, 0.15) is 11.6 Å². The Labute approximate surface area is 85.2 Å². The Morgan fingerprint density at radius 2 is 1.86 bits per heavy atom. The first-order valence-corrected chi connectivity index (χ1v) is 4.74. The molecule has 2 unspecified atom stereocenters. The molecule has 0 bridgehead atoms. The molecule has 0 radical (unpaired) electrons. The quantitative estimate of drug-likeness (QED) is 0.738. The molecular formula is C11H18N2O. The maximum atomic E-state index is 9.06. The van der Waals surface area contributed by atoms with E-state index in [0.717, 1.165) is 5.56 Å². The molecular weight excluding hydrogens is 176 g/mol. The molecule has 0 heterocycles. The summed E-state index contributed by atoms with van der Waals surface area (Å²) in [6.45, 7) is -0.00224. The molecule has 0 aliphatic heterocycles. The lowest BCUT2D eigenvalue weighted by Crippen LogP contribution is -2.39. The minimum atomic E-state index is -0.243. The predicted molar refractivity (Wildman–Crippen MR) is 57.9 cm³/mol. The molecule has 1 aromatic carbocycles. The molecule has 0 aliphatic carbocycles. The van der Waals surface area contributed by atoms with Gasteiger partial charge in [0.25, 0.3) is 0 Å². The van der Waals surface area contributed by atoms with Gasteiger partial charge in [-0.25, -0.2) is 0 Å². The van der Waals surface area contributed by atoms with E-state index in [1.54, 1.807) is 0 Å². The van der Waals surface area contributed by atoms with Crippen molar-refractivity contribution in [3.05, 3.63) is 35.9 Å². The largest absolute Gasteiger partial charge is 0.395 e. The Hall–Kier alpha value is -0.900.